The molecule has 2 N–H and O–H groups in total. The van der Waals surface area contributed by atoms with E-state index in [1.54, 1.807) is 11.3 Å². The molecule has 0 aliphatic carbocycles. The van der Waals surface area contributed by atoms with Crippen LogP contribution in [0.5, 0.6) is 0 Å². The maximum atomic E-state index is 12.7. The van der Waals surface area contributed by atoms with Gasteiger partial charge in [0.1, 0.15) is 6.54 Å². The summed E-state index contributed by atoms with van der Waals surface area (Å²) >= 11 is 1.76. The number of benzene rings is 2. The summed E-state index contributed by atoms with van der Waals surface area (Å²) in [6.45, 7) is 4.98. The minimum atomic E-state index is -0.120. The maximum Gasteiger partial charge on any atom is 0.282 e. The van der Waals surface area contributed by atoms with E-state index in [1.165, 1.54) is 15.3 Å². The topological polar surface area (TPSA) is 33.5 Å². The van der Waals surface area contributed by atoms with Gasteiger partial charge in [0.2, 0.25) is 0 Å². The van der Waals surface area contributed by atoms with Crippen LogP contribution in [0.15, 0.2) is 53.9 Å². The summed E-state index contributed by atoms with van der Waals surface area (Å²) in [5, 5.41) is 7.43. The average molecular weight is 339 g/mol. The van der Waals surface area contributed by atoms with Crippen molar-refractivity contribution >= 4 is 33.7 Å². The molecule has 0 saturated heterocycles. The number of likely N-dealkylation sites (N-methyl/N-ethyl adjacent to an activating group) is 1. The number of amides is 1. The molecule has 4 heteroatoms. The lowest BCUT2D eigenvalue weighted by atomic mass is 10.1. The zero-order chi connectivity index (χ0) is 17.1. The molecule has 1 aromatic heterocycles. The van der Waals surface area contributed by atoms with Crippen LogP contribution in [-0.4, -0.2) is 19.0 Å². The normalized spacial score (nSPS) is 13.6. The van der Waals surface area contributed by atoms with Gasteiger partial charge < -0.3 is 10.2 Å². The van der Waals surface area contributed by atoms with E-state index in [0.29, 0.717) is 0 Å². The van der Waals surface area contributed by atoms with Crippen molar-refractivity contribution in [2.75, 3.05) is 12.4 Å². The fourth-order valence-electron chi connectivity index (χ4n) is 2.79. The van der Waals surface area contributed by atoms with Gasteiger partial charge in [0.25, 0.3) is 5.91 Å². The molecule has 1 heterocycles. The predicted octanol–water partition coefficient (Wildman–Crippen LogP) is 3.25. The van der Waals surface area contributed by atoms with Crippen LogP contribution in [0.3, 0.4) is 0 Å². The van der Waals surface area contributed by atoms with Gasteiger partial charge in [-0.1, -0.05) is 36.4 Å². The Kier molecular flexibility index (Phi) is 4.97. The lowest BCUT2D eigenvalue weighted by Gasteiger charge is -2.21. The highest BCUT2D eigenvalue weighted by Gasteiger charge is 2.23. The van der Waals surface area contributed by atoms with Crippen molar-refractivity contribution in [2.24, 2.45) is 0 Å². The Morgan fingerprint density at radius 2 is 1.92 bits per heavy atom. The van der Waals surface area contributed by atoms with Crippen LogP contribution in [0.4, 0.5) is 5.69 Å². The Labute approximate surface area is 146 Å². The van der Waals surface area contributed by atoms with Crippen molar-refractivity contribution in [2.45, 2.75) is 26.4 Å². The summed E-state index contributed by atoms with van der Waals surface area (Å²) in [7, 11) is 2.08. The summed E-state index contributed by atoms with van der Waals surface area (Å²) in [5.41, 5.74) is 2.19. The monoisotopic (exact) mass is 339 g/mol. The Hall–Kier alpha value is -2.17. The standard InChI is InChI=1S/C20H22N2OS/c1-14-11-12-24-19(14)13-22(3)15(2)20(23)21-18-10-6-8-16-7-4-5-9-17(16)18/h4-12,15H,13H2,1-3H3,(H,21,23)/p+1/t15-/m1/s1. The number of fused-ring (bicyclic) bond motifs is 1. The Morgan fingerprint density at radius 1 is 1.17 bits per heavy atom. The van der Waals surface area contributed by atoms with Crippen molar-refractivity contribution in [1.29, 1.82) is 0 Å². The van der Waals surface area contributed by atoms with E-state index in [-0.39, 0.29) is 11.9 Å². The number of anilines is 1. The number of quaternary nitrogens is 1. The lowest BCUT2D eigenvalue weighted by molar-refractivity contribution is -0.907. The molecular formula is C20H23N2OS+. The van der Waals surface area contributed by atoms with Gasteiger partial charge in [-0.25, -0.2) is 0 Å². The van der Waals surface area contributed by atoms with Crippen molar-refractivity contribution in [3.63, 3.8) is 0 Å². The summed E-state index contributed by atoms with van der Waals surface area (Å²) in [6.07, 6.45) is 0. The molecule has 1 amide bonds. The average Bonchev–Trinajstić information content (AvgIpc) is 2.99. The molecule has 0 radical (unpaired) electrons. The summed E-state index contributed by atoms with van der Waals surface area (Å²) < 4.78 is 0. The van der Waals surface area contributed by atoms with Gasteiger partial charge in [-0.15, -0.1) is 11.3 Å². The fourth-order valence-corrected chi connectivity index (χ4v) is 3.79. The van der Waals surface area contributed by atoms with Gasteiger partial charge in [-0.2, -0.15) is 0 Å². The number of carbonyl (C=O) groups is 1. The first-order chi connectivity index (χ1) is 11.6. The van der Waals surface area contributed by atoms with E-state index in [4.69, 9.17) is 0 Å². The third-order valence-electron chi connectivity index (χ3n) is 4.59. The first-order valence-electron chi connectivity index (χ1n) is 8.20. The molecular weight excluding hydrogens is 316 g/mol. The second kappa shape index (κ2) is 7.16. The molecule has 24 heavy (non-hydrogen) atoms. The molecule has 0 bridgehead atoms. The lowest BCUT2D eigenvalue weighted by Crippen LogP contribution is -3.12. The van der Waals surface area contributed by atoms with E-state index in [0.717, 1.165) is 23.0 Å². The number of aryl methyl sites for hydroxylation is 1. The Morgan fingerprint density at radius 3 is 2.67 bits per heavy atom. The zero-order valence-corrected chi connectivity index (χ0v) is 15.1. The number of thiophene rings is 1. The van der Waals surface area contributed by atoms with Gasteiger partial charge in [0, 0.05) is 11.1 Å². The van der Waals surface area contributed by atoms with Crippen LogP contribution in [0.1, 0.15) is 17.4 Å². The molecule has 1 unspecified atom stereocenters. The summed E-state index contributed by atoms with van der Waals surface area (Å²) in [6, 6.07) is 16.1. The molecule has 2 aromatic carbocycles. The van der Waals surface area contributed by atoms with Crippen LogP contribution in [0, 0.1) is 6.92 Å². The largest absolute Gasteiger partial charge is 0.323 e. The van der Waals surface area contributed by atoms with E-state index < -0.39 is 0 Å². The minimum Gasteiger partial charge on any atom is -0.323 e. The van der Waals surface area contributed by atoms with Gasteiger partial charge in [0.15, 0.2) is 6.04 Å². The highest BCUT2D eigenvalue weighted by atomic mass is 32.1. The second-order valence-electron chi connectivity index (χ2n) is 6.29. The predicted molar refractivity (Wildman–Crippen MR) is 102 cm³/mol. The molecule has 0 aliphatic heterocycles. The maximum absolute atomic E-state index is 12.7. The second-order valence-corrected chi connectivity index (χ2v) is 7.29. The summed E-state index contributed by atoms with van der Waals surface area (Å²) in [4.78, 5) is 15.2. The minimum absolute atomic E-state index is 0.0538. The Bertz CT molecular complexity index is 850. The molecule has 124 valence electrons. The molecule has 2 atom stereocenters. The van der Waals surface area contributed by atoms with Crippen molar-refractivity contribution in [3.05, 3.63) is 64.4 Å². The van der Waals surface area contributed by atoms with Crippen LogP contribution < -0.4 is 10.2 Å². The van der Waals surface area contributed by atoms with Crippen LogP contribution in [-0.2, 0) is 11.3 Å². The first-order valence-corrected chi connectivity index (χ1v) is 9.08. The van der Waals surface area contributed by atoms with Crippen molar-refractivity contribution in [1.82, 2.24) is 0 Å². The van der Waals surface area contributed by atoms with E-state index in [2.05, 4.69) is 42.9 Å². The van der Waals surface area contributed by atoms with Gasteiger partial charge in [0.05, 0.1) is 11.9 Å². The third kappa shape index (κ3) is 3.50. The smallest absolute Gasteiger partial charge is 0.282 e. The Balaban J connectivity index is 1.72. The fraction of sp³-hybridized carbons (Fsp3) is 0.250. The molecule has 0 saturated carbocycles. The molecule has 0 spiro atoms. The number of nitrogens with one attached hydrogen (secondary N) is 2. The number of hydrogen-bond acceptors (Lipinski definition) is 2. The highest BCUT2D eigenvalue weighted by Crippen LogP contribution is 2.23. The van der Waals surface area contributed by atoms with Gasteiger partial charge >= 0.3 is 0 Å². The number of carbonyl (C=O) groups excluding carboxylic acids is 1. The van der Waals surface area contributed by atoms with E-state index in [9.17, 15) is 4.79 Å². The van der Waals surface area contributed by atoms with Crippen molar-refractivity contribution < 1.29 is 9.69 Å². The molecule has 3 nitrogen and oxygen atoms in total. The third-order valence-corrected chi connectivity index (χ3v) is 5.61. The van der Waals surface area contributed by atoms with Crippen LogP contribution >= 0.6 is 11.3 Å². The van der Waals surface area contributed by atoms with Crippen LogP contribution in [0.2, 0.25) is 0 Å². The van der Waals surface area contributed by atoms with Crippen molar-refractivity contribution in [3.8, 4) is 0 Å². The molecule has 0 aliphatic rings. The van der Waals surface area contributed by atoms with E-state index in [1.807, 2.05) is 37.3 Å². The number of hydrogen-bond donors (Lipinski definition) is 2. The van der Waals surface area contributed by atoms with Crippen LogP contribution in [0.25, 0.3) is 10.8 Å². The molecule has 3 rings (SSSR count). The van der Waals surface area contributed by atoms with Gasteiger partial charge in [-0.3, -0.25) is 4.79 Å². The van der Waals surface area contributed by atoms with E-state index >= 15 is 0 Å². The zero-order valence-electron chi connectivity index (χ0n) is 14.3. The number of rotatable bonds is 5. The van der Waals surface area contributed by atoms with Gasteiger partial charge in [-0.05, 0) is 42.3 Å². The first kappa shape index (κ1) is 16.7. The molecule has 0 fully saturated rings. The quantitative estimate of drug-likeness (QED) is 0.735. The molecule has 3 aromatic rings. The SMILES string of the molecule is Cc1ccsc1C[NH+](C)[C@H](C)C(=O)Nc1cccc2ccccc12. The summed E-state index contributed by atoms with van der Waals surface area (Å²) in [5.74, 6) is 0.0538. The highest BCUT2D eigenvalue weighted by molar-refractivity contribution is 7.10.